The van der Waals surface area contributed by atoms with Gasteiger partial charge in [0.15, 0.2) is 5.82 Å². The average Bonchev–Trinajstić information content (AvgIpc) is 2.83. The summed E-state index contributed by atoms with van der Waals surface area (Å²) in [5.41, 5.74) is 7.99. The van der Waals surface area contributed by atoms with Crippen molar-refractivity contribution in [1.29, 1.82) is 0 Å². The van der Waals surface area contributed by atoms with E-state index >= 15 is 0 Å². The third-order valence-electron chi connectivity index (χ3n) is 2.96. The highest BCUT2D eigenvalue weighted by Crippen LogP contribution is 2.18. The van der Waals surface area contributed by atoms with Crippen molar-refractivity contribution in [2.24, 2.45) is 5.73 Å². The van der Waals surface area contributed by atoms with Crippen LogP contribution in [0, 0.1) is 0 Å². The van der Waals surface area contributed by atoms with Crippen LogP contribution in [0.3, 0.4) is 0 Å². The first kappa shape index (κ1) is 12.8. The van der Waals surface area contributed by atoms with Crippen LogP contribution in [0.1, 0.15) is 43.9 Å². The maximum absolute atomic E-state index is 5.62. The standard InChI is InChI=1S/C14H20N4/c1-4-11-5-7-12(8-6-11)18-14(10(2)3)16-13(9-15)17-18/h5-8,10H,4,9,15H2,1-3H3. The van der Waals surface area contributed by atoms with Gasteiger partial charge in [-0.1, -0.05) is 32.9 Å². The molecule has 0 bridgehead atoms. The fraction of sp³-hybridized carbons (Fsp3) is 0.429. The number of nitrogens with two attached hydrogens (primary N) is 1. The third-order valence-corrected chi connectivity index (χ3v) is 2.96. The van der Waals surface area contributed by atoms with Crippen LogP contribution in [0.2, 0.25) is 0 Å². The van der Waals surface area contributed by atoms with Crippen molar-refractivity contribution in [3.63, 3.8) is 0 Å². The average molecular weight is 244 g/mol. The first-order chi connectivity index (χ1) is 8.65. The summed E-state index contributed by atoms with van der Waals surface area (Å²) in [5.74, 6) is 1.97. The molecule has 0 saturated carbocycles. The van der Waals surface area contributed by atoms with Crippen molar-refractivity contribution in [3.8, 4) is 5.69 Å². The first-order valence-corrected chi connectivity index (χ1v) is 6.41. The molecule has 0 radical (unpaired) electrons. The van der Waals surface area contributed by atoms with Gasteiger partial charge in [0.05, 0.1) is 12.2 Å². The molecule has 0 aliphatic rings. The summed E-state index contributed by atoms with van der Waals surface area (Å²) in [6, 6.07) is 8.42. The van der Waals surface area contributed by atoms with Gasteiger partial charge >= 0.3 is 0 Å². The smallest absolute Gasteiger partial charge is 0.164 e. The summed E-state index contributed by atoms with van der Waals surface area (Å²) in [7, 11) is 0. The monoisotopic (exact) mass is 244 g/mol. The molecule has 4 nitrogen and oxygen atoms in total. The zero-order valence-corrected chi connectivity index (χ0v) is 11.2. The van der Waals surface area contributed by atoms with Gasteiger partial charge in [-0.3, -0.25) is 0 Å². The summed E-state index contributed by atoms with van der Waals surface area (Å²) in [6.07, 6.45) is 1.04. The maximum Gasteiger partial charge on any atom is 0.164 e. The number of aromatic nitrogens is 3. The van der Waals surface area contributed by atoms with Crippen LogP contribution >= 0.6 is 0 Å². The molecule has 0 saturated heterocycles. The number of hydrogen-bond acceptors (Lipinski definition) is 3. The molecule has 96 valence electrons. The summed E-state index contributed by atoms with van der Waals surface area (Å²) in [6.45, 7) is 6.75. The second-order valence-electron chi connectivity index (χ2n) is 4.68. The lowest BCUT2D eigenvalue weighted by atomic mass is 10.1. The molecule has 0 aliphatic carbocycles. The van der Waals surface area contributed by atoms with Crippen LogP contribution in [0.25, 0.3) is 5.69 Å². The second-order valence-corrected chi connectivity index (χ2v) is 4.68. The lowest BCUT2D eigenvalue weighted by Crippen LogP contribution is -2.05. The molecule has 18 heavy (non-hydrogen) atoms. The van der Waals surface area contributed by atoms with Crippen molar-refractivity contribution in [1.82, 2.24) is 14.8 Å². The van der Waals surface area contributed by atoms with Crippen molar-refractivity contribution in [3.05, 3.63) is 41.5 Å². The Morgan fingerprint density at radius 3 is 2.39 bits per heavy atom. The molecule has 0 unspecified atom stereocenters. The minimum atomic E-state index is 0.323. The van der Waals surface area contributed by atoms with E-state index in [-0.39, 0.29) is 0 Å². The molecule has 2 aromatic rings. The Morgan fingerprint density at radius 2 is 1.89 bits per heavy atom. The van der Waals surface area contributed by atoms with Gasteiger partial charge in [-0.05, 0) is 24.1 Å². The van der Waals surface area contributed by atoms with Crippen molar-refractivity contribution >= 4 is 0 Å². The van der Waals surface area contributed by atoms with E-state index in [1.54, 1.807) is 0 Å². The Labute approximate surface area is 108 Å². The number of nitrogens with zero attached hydrogens (tertiary/aromatic N) is 3. The van der Waals surface area contributed by atoms with Crippen LogP contribution in [-0.4, -0.2) is 14.8 Å². The van der Waals surface area contributed by atoms with Gasteiger partial charge in [-0.15, -0.1) is 5.10 Å². The second kappa shape index (κ2) is 5.31. The molecule has 0 amide bonds. The minimum absolute atomic E-state index is 0.323. The lowest BCUT2D eigenvalue weighted by Gasteiger charge is -2.08. The Bertz CT molecular complexity index is 511. The highest BCUT2D eigenvalue weighted by Gasteiger charge is 2.13. The summed E-state index contributed by atoms with van der Waals surface area (Å²) < 4.78 is 1.90. The zero-order valence-electron chi connectivity index (χ0n) is 11.2. The van der Waals surface area contributed by atoms with E-state index < -0.39 is 0 Å². The molecular weight excluding hydrogens is 224 g/mol. The van der Waals surface area contributed by atoms with E-state index in [0.717, 1.165) is 17.9 Å². The molecule has 0 spiro atoms. The quantitative estimate of drug-likeness (QED) is 0.898. The van der Waals surface area contributed by atoms with Gasteiger partial charge in [0, 0.05) is 5.92 Å². The molecule has 1 aromatic heterocycles. The molecule has 2 N–H and O–H groups in total. The zero-order chi connectivity index (χ0) is 13.1. The van der Waals surface area contributed by atoms with Gasteiger partial charge in [-0.2, -0.15) is 0 Å². The Hall–Kier alpha value is -1.68. The van der Waals surface area contributed by atoms with Gasteiger partial charge in [0.2, 0.25) is 0 Å². The molecule has 1 aromatic carbocycles. The van der Waals surface area contributed by atoms with E-state index in [0.29, 0.717) is 18.3 Å². The number of aryl methyl sites for hydroxylation is 1. The van der Waals surface area contributed by atoms with Crippen molar-refractivity contribution in [2.75, 3.05) is 0 Å². The number of rotatable bonds is 4. The molecule has 2 rings (SSSR count). The van der Waals surface area contributed by atoms with Crippen LogP contribution in [0.15, 0.2) is 24.3 Å². The highest BCUT2D eigenvalue weighted by atomic mass is 15.4. The van der Waals surface area contributed by atoms with E-state index in [9.17, 15) is 0 Å². The SMILES string of the molecule is CCc1ccc(-n2nc(CN)nc2C(C)C)cc1. The van der Waals surface area contributed by atoms with Crippen LogP contribution in [-0.2, 0) is 13.0 Å². The molecule has 0 aliphatic heterocycles. The first-order valence-electron chi connectivity index (χ1n) is 6.41. The van der Waals surface area contributed by atoms with Gasteiger partial charge < -0.3 is 5.73 Å². The molecule has 4 heteroatoms. The Morgan fingerprint density at radius 1 is 1.22 bits per heavy atom. The van der Waals surface area contributed by atoms with Crippen molar-refractivity contribution in [2.45, 2.75) is 39.7 Å². The Kier molecular flexibility index (Phi) is 3.77. The predicted molar refractivity (Wildman–Crippen MR) is 72.7 cm³/mol. The fourth-order valence-electron chi connectivity index (χ4n) is 1.89. The Balaban J connectivity index is 2.44. The van der Waals surface area contributed by atoms with Gasteiger partial charge in [0.25, 0.3) is 0 Å². The highest BCUT2D eigenvalue weighted by molar-refractivity contribution is 5.35. The molecular formula is C14H20N4. The lowest BCUT2D eigenvalue weighted by molar-refractivity contribution is 0.712. The summed E-state index contributed by atoms with van der Waals surface area (Å²) >= 11 is 0. The maximum atomic E-state index is 5.62. The van der Waals surface area contributed by atoms with E-state index in [4.69, 9.17) is 5.73 Å². The van der Waals surface area contributed by atoms with Crippen molar-refractivity contribution < 1.29 is 0 Å². The third kappa shape index (κ3) is 2.43. The van der Waals surface area contributed by atoms with Gasteiger partial charge in [0.1, 0.15) is 5.82 Å². The fourth-order valence-corrected chi connectivity index (χ4v) is 1.89. The van der Waals surface area contributed by atoms with Crippen LogP contribution in [0.4, 0.5) is 0 Å². The van der Waals surface area contributed by atoms with E-state index in [1.807, 2.05) is 4.68 Å². The minimum Gasteiger partial charge on any atom is -0.324 e. The molecule has 0 fully saturated rings. The number of hydrogen-bond donors (Lipinski definition) is 1. The largest absolute Gasteiger partial charge is 0.324 e. The predicted octanol–water partition coefficient (Wildman–Crippen LogP) is 2.41. The summed E-state index contributed by atoms with van der Waals surface area (Å²) in [4.78, 5) is 4.47. The van der Waals surface area contributed by atoms with Crippen LogP contribution < -0.4 is 5.73 Å². The summed E-state index contributed by atoms with van der Waals surface area (Å²) in [5, 5.41) is 4.46. The number of benzene rings is 1. The van der Waals surface area contributed by atoms with E-state index in [2.05, 4.69) is 55.1 Å². The van der Waals surface area contributed by atoms with Gasteiger partial charge in [-0.25, -0.2) is 9.67 Å². The molecule has 0 atom stereocenters. The molecule has 1 heterocycles. The normalized spacial score (nSPS) is 11.2. The topological polar surface area (TPSA) is 56.7 Å². The van der Waals surface area contributed by atoms with E-state index in [1.165, 1.54) is 5.56 Å². The van der Waals surface area contributed by atoms with Crippen LogP contribution in [0.5, 0.6) is 0 Å².